The van der Waals surface area contributed by atoms with Crippen molar-refractivity contribution >= 4 is 17.6 Å². The molecule has 0 bridgehead atoms. The lowest BCUT2D eigenvalue weighted by Crippen LogP contribution is -2.57. The molecule has 1 aliphatic carbocycles. The third-order valence-electron chi connectivity index (χ3n) is 7.15. The van der Waals surface area contributed by atoms with Crippen molar-refractivity contribution in [1.82, 2.24) is 15.1 Å². The minimum absolute atomic E-state index is 0.0111. The molecule has 2 fully saturated rings. The van der Waals surface area contributed by atoms with Crippen LogP contribution in [-0.2, 0) is 4.79 Å². The highest BCUT2D eigenvalue weighted by molar-refractivity contribution is 5.89. The Labute approximate surface area is 189 Å². The second kappa shape index (κ2) is 10.3. The van der Waals surface area contributed by atoms with E-state index in [9.17, 15) is 19.2 Å². The number of amides is 3. The summed E-state index contributed by atoms with van der Waals surface area (Å²) < 4.78 is 13.0. The van der Waals surface area contributed by atoms with Crippen LogP contribution in [0.1, 0.15) is 52.4 Å². The van der Waals surface area contributed by atoms with Gasteiger partial charge in [0.05, 0.1) is 12.1 Å². The van der Waals surface area contributed by atoms with E-state index in [1.54, 1.807) is 11.9 Å². The average molecular weight is 444 g/mol. The van der Waals surface area contributed by atoms with Crippen LogP contribution in [0, 0.1) is 23.1 Å². The molecule has 7 nitrogen and oxygen atoms in total. The molecule has 3 rings (SSSR count). The van der Waals surface area contributed by atoms with Crippen LogP contribution < -0.4 is 10.6 Å². The third kappa shape index (κ3) is 5.57. The number of benzene rings is 1. The van der Waals surface area contributed by atoms with Gasteiger partial charge >= 0.3 is 6.03 Å². The molecule has 2 aliphatic rings. The van der Waals surface area contributed by atoms with Gasteiger partial charge in [0.2, 0.25) is 5.91 Å². The maximum atomic E-state index is 13.2. The van der Waals surface area contributed by atoms with Gasteiger partial charge in [-0.3, -0.25) is 9.69 Å². The highest BCUT2D eigenvalue weighted by Crippen LogP contribution is 2.36. The smallest absolute Gasteiger partial charge is 0.319 e. The monoisotopic (exact) mass is 443 g/mol. The number of piperidine rings is 1. The van der Waals surface area contributed by atoms with Gasteiger partial charge in [0.1, 0.15) is 11.4 Å². The average Bonchev–Trinajstić information content (AvgIpc) is 2.80. The fraction of sp³-hybridized carbons (Fsp3) is 0.625. The van der Waals surface area contributed by atoms with E-state index < -0.39 is 5.54 Å². The molecule has 1 saturated heterocycles. The molecule has 3 amide bonds. The highest BCUT2D eigenvalue weighted by atomic mass is 19.1. The van der Waals surface area contributed by atoms with E-state index in [1.807, 2.05) is 6.92 Å². The molecule has 8 heteroatoms. The van der Waals surface area contributed by atoms with Gasteiger partial charge in [-0.25, -0.2) is 9.18 Å². The molecule has 174 valence electrons. The summed E-state index contributed by atoms with van der Waals surface area (Å²) in [5, 5.41) is 15.5. The number of likely N-dealkylation sites (tertiary alicyclic amines) is 1. The van der Waals surface area contributed by atoms with Crippen molar-refractivity contribution in [2.75, 3.05) is 25.5 Å². The number of urea groups is 1. The van der Waals surface area contributed by atoms with Crippen LogP contribution in [0.3, 0.4) is 0 Å². The van der Waals surface area contributed by atoms with Gasteiger partial charge in [-0.2, -0.15) is 5.26 Å². The number of hydrogen-bond acceptors (Lipinski definition) is 4. The molecular weight excluding hydrogens is 409 g/mol. The van der Waals surface area contributed by atoms with Crippen LogP contribution in [0.25, 0.3) is 0 Å². The van der Waals surface area contributed by atoms with Crippen molar-refractivity contribution in [1.29, 1.82) is 5.26 Å². The third-order valence-corrected chi connectivity index (χ3v) is 7.15. The van der Waals surface area contributed by atoms with Gasteiger partial charge < -0.3 is 15.5 Å². The Morgan fingerprint density at radius 2 is 1.78 bits per heavy atom. The van der Waals surface area contributed by atoms with Crippen molar-refractivity contribution < 1.29 is 14.0 Å². The van der Waals surface area contributed by atoms with Gasteiger partial charge in [0.15, 0.2) is 0 Å². The van der Waals surface area contributed by atoms with E-state index in [-0.39, 0.29) is 29.8 Å². The first-order valence-electron chi connectivity index (χ1n) is 11.5. The van der Waals surface area contributed by atoms with Crippen molar-refractivity contribution in [3.63, 3.8) is 0 Å². The Bertz CT molecular complexity index is 837. The Balaban J connectivity index is 1.48. The number of rotatable bonds is 5. The molecule has 1 aromatic carbocycles. The van der Waals surface area contributed by atoms with Crippen molar-refractivity contribution in [3.8, 4) is 6.07 Å². The quantitative estimate of drug-likeness (QED) is 0.726. The minimum Gasteiger partial charge on any atom is -0.335 e. The molecule has 1 aliphatic heterocycles. The van der Waals surface area contributed by atoms with Gasteiger partial charge in [-0.1, -0.05) is 6.92 Å². The zero-order valence-electron chi connectivity index (χ0n) is 19.2. The van der Waals surface area contributed by atoms with Crippen molar-refractivity contribution in [2.45, 2.75) is 70.0 Å². The summed E-state index contributed by atoms with van der Waals surface area (Å²) in [7, 11) is 1.77. The predicted octanol–water partition coefficient (Wildman–Crippen LogP) is 3.73. The van der Waals surface area contributed by atoms with Gasteiger partial charge in [-0.15, -0.1) is 0 Å². The van der Waals surface area contributed by atoms with E-state index in [2.05, 4.69) is 28.5 Å². The maximum Gasteiger partial charge on any atom is 0.319 e. The predicted molar refractivity (Wildman–Crippen MR) is 121 cm³/mol. The molecule has 2 N–H and O–H groups in total. The normalized spacial score (nSPS) is 25.4. The summed E-state index contributed by atoms with van der Waals surface area (Å²) in [6.45, 7) is 5.49. The van der Waals surface area contributed by atoms with Crippen molar-refractivity contribution in [3.05, 3.63) is 30.1 Å². The van der Waals surface area contributed by atoms with E-state index in [1.165, 1.54) is 24.3 Å². The Morgan fingerprint density at radius 1 is 1.19 bits per heavy atom. The first-order valence-corrected chi connectivity index (χ1v) is 11.5. The molecule has 1 aromatic rings. The van der Waals surface area contributed by atoms with Crippen LogP contribution >= 0.6 is 0 Å². The summed E-state index contributed by atoms with van der Waals surface area (Å²) in [5.74, 6) is 0.238. The van der Waals surface area contributed by atoms with Crippen LogP contribution in [0.5, 0.6) is 0 Å². The van der Waals surface area contributed by atoms with Gasteiger partial charge in [0.25, 0.3) is 0 Å². The number of likely N-dealkylation sites (N-methyl/N-ethyl adjacent to an activating group) is 1. The summed E-state index contributed by atoms with van der Waals surface area (Å²) in [6.07, 6.45) is 4.87. The first kappa shape index (κ1) is 24.0. The highest BCUT2D eigenvalue weighted by Gasteiger charge is 2.42. The number of nitrogens with one attached hydrogen (secondary N) is 2. The number of anilines is 1. The molecule has 0 aromatic heterocycles. The van der Waals surface area contributed by atoms with Crippen LogP contribution in [0.4, 0.5) is 14.9 Å². The largest absolute Gasteiger partial charge is 0.335 e. The maximum absolute atomic E-state index is 13.2. The second-order valence-corrected chi connectivity index (χ2v) is 9.31. The topological polar surface area (TPSA) is 88.5 Å². The van der Waals surface area contributed by atoms with Crippen LogP contribution in [-0.4, -0.2) is 59.5 Å². The number of nitrogens with zero attached hydrogens (tertiary/aromatic N) is 3. The number of hydrogen-bond donors (Lipinski definition) is 2. The standard InChI is InChI=1S/C24H34FN5O2/c1-17-8-12-24(16-26,13-9-17)29(3)22(31)18(2)30-14-10-21(11-15-30)28-23(32)27-20-6-4-19(25)5-7-20/h4-7,17-18,21H,8-15H2,1-3H3,(H2,27,28,32). The molecule has 1 heterocycles. The zero-order valence-corrected chi connectivity index (χ0v) is 19.2. The van der Waals surface area contributed by atoms with Gasteiger partial charge in [-0.05, 0) is 75.6 Å². The second-order valence-electron chi connectivity index (χ2n) is 9.31. The van der Waals surface area contributed by atoms with E-state index in [0.717, 1.165) is 38.5 Å². The van der Waals surface area contributed by atoms with E-state index >= 15 is 0 Å². The Hall–Kier alpha value is -2.66. The van der Waals surface area contributed by atoms with Crippen molar-refractivity contribution in [2.24, 2.45) is 5.92 Å². The summed E-state index contributed by atoms with van der Waals surface area (Å²) in [6, 6.07) is 7.46. The zero-order chi connectivity index (χ0) is 23.3. The lowest BCUT2D eigenvalue weighted by molar-refractivity contribution is -0.140. The Kier molecular flexibility index (Phi) is 7.73. The number of nitriles is 1. The molecule has 0 spiro atoms. The lowest BCUT2D eigenvalue weighted by Gasteiger charge is -2.44. The van der Waals surface area contributed by atoms with Crippen LogP contribution in [0.2, 0.25) is 0 Å². The fourth-order valence-electron chi connectivity index (χ4n) is 4.73. The SMILES string of the molecule is CC1CCC(C#N)(N(C)C(=O)C(C)N2CCC(NC(=O)Nc3ccc(F)cc3)CC2)CC1. The molecule has 32 heavy (non-hydrogen) atoms. The summed E-state index contributed by atoms with van der Waals surface area (Å²) in [5.41, 5.74) is -0.164. The minimum atomic E-state index is -0.698. The first-order chi connectivity index (χ1) is 15.2. The van der Waals surface area contributed by atoms with E-state index in [0.29, 0.717) is 24.7 Å². The molecule has 1 saturated carbocycles. The number of carbonyl (C=O) groups excluding carboxylic acids is 2. The molecule has 0 radical (unpaired) electrons. The molecule has 1 atom stereocenters. The summed E-state index contributed by atoms with van der Waals surface area (Å²) in [4.78, 5) is 29.2. The Morgan fingerprint density at radius 3 is 2.34 bits per heavy atom. The molecular formula is C24H34FN5O2. The van der Waals surface area contributed by atoms with E-state index in [4.69, 9.17) is 0 Å². The van der Waals surface area contributed by atoms with Gasteiger partial charge in [0, 0.05) is 31.9 Å². The number of halogens is 1. The lowest BCUT2D eigenvalue weighted by atomic mass is 9.77. The van der Waals surface area contributed by atoms with Crippen LogP contribution in [0.15, 0.2) is 24.3 Å². The summed E-state index contributed by atoms with van der Waals surface area (Å²) >= 11 is 0. The molecule has 1 unspecified atom stereocenters. The fourth-order valence-corrected chi connectivity index (χ4v) is 4.73. The number of carbonyl (C=O) groups is 2.